The van der Waals surface area contributed by atoms with E-state index in [-0.39, 0.29) is 5.56 Å². The van der Waals surface area contributed by atoms with Crippen LogP contribution < -0.4 is 0 Å². The van der Waals surface area contributed by atoms with Crippen LogP contribution in [0, 0.1) is 23.0 Å². The number of nitrogens with zero attached hydrogens (tertiary/aromatic N) is 2. The van der Waals surface area contributed by atoms with Gasteiger partial charge in [-0.1, -0.05) is 0 Å². The molecule has 0 N–H and O–H groups in total. The summed E-state index contributed by atoms with van der Waals surface area (Å²) in [5.74, 6) is -2.15. The molecule has 0 spiro atoms. The van der Waals surface area contributed by atoms with Crippen molar-refractivity contribution in [2.45, 2.75) is 0 Å². The van der Waals surface area contributed by atoms with Gasteiger partial charge in [-0.2, -0.15) is 10.3 Å². The van der Waals surface area contributed by atoms with Gasteiger partial charge in [-0.05, 0) is 12.1 Å². The Balaban J connectivity index is 3.49. The number of benzene rings is 1. The van der Waals surface area contributed by atoms with Crippen molar-refractivity contribution in [3.05, 3.63) is 29.3 Å². The second kappa shape index (κ2) is 3.57. The lowest BCUT2D eigenvalue weighted by atomic mass is 10.2. The van der Waals surface area contributed by atoms with Crippen LogP contribution in [0.4, 0.5) is 14.5 Å². The Labute approximate surface area is 71.9 Å². The topological polar surface area (TPSA) is 53.2 Å². The summed E-state index contributed by atoms with van der Waals surface area (Å²) in [5, 5.41) is 8.35. The highest BCUT2D eigenvalue weighted by Gasteiger charge is 2.12. The normalized spacial score (nSPS) is 8.69. The van der Waals surface area contributed by atoms with Crippen LogP contribution in [0.5, 0.6) is 0 Å². The average Bonchev–Trinajstić information content (AvgIpc) is 2.12. The molecular weight excluding hydrogens is 178 g/mol. The molecule has 0 fully saturated rings. The largest absolute Gasteiger partial charge is 0.240 e. The maximum atomic E-state index is 13.0. The van der Waals surface area contributed by atoms with Crippen LogP contribution in [0.2, 0.25) is 0 Å². The summed E-state index contributed by atoms with van der Waals surface area (Å²) in [6.45, 7) is 0. The monoisotopic (exact) mass is 180 g/mol. The van der Waals surface area contributed by atoms with Gasteiger partial charge in [0.2, 0.25) is 6.08 Å². The molecular formula is C8H2F2N2O. The molecule has 0 aliphatic rings. The molecule has 3 nitrogen and oxygen atoms in total. The van der Waals surface area contributed by atoms with Crippen molar-refractivity contribution in [1.82, 2.24) is 0 Å². The van der Waals surface area contributed by atoms with Crippen molar-refractivity contribution < 1.29 is 13.6 Å². The van der Waals surface area contributed by atoms with Crippen LogP contribution in [0.25, 0.3) is 0 Å². The van der Waals surface area contributed by atoms with E-state index in [0.29, 0.717) is 0 Å². The standard InChI is InChI=1S/C8H2F2N2O/c9-6-2-1-5(3-11)7(10)8(6)12-4-13/h1-2H. The zero-order valence-corrected chi connectivity index (χ0v) is 6.21. The third-order valence-electron chi connectivity index (χ3n) is 1.34. The minimum atomic E-state index is -1.15. The highest BCUT2D eigenvalue weighted by atomic mass is 19.1. The maximum absolute atomic E-state index is 13.0. The molecule has 1 rings (SSSR count). The van der Waals surface area contributed by atoms with Gasteiger partial charge in [-0.15, -0.1) is 0 Å². The molecule has 0 heterocycles. The second-order valence-electron chi connectivity index (χ2n) is 2.07. The maximum Gasteiger partial charge on any atom is 0.240 e. The van der Waals surface area contributed by atoms with Crippen LogP contribution in [0.3, 0.4) is 0 Å². The molecule has 0 aromatic heterocycles. The molecule has 13 heavy (non-hydrogen) atoms. The molecule has 0 bridgehead atoms. The van der Waals surface area contributed by atoms with Crippen molar-refractivity contribution in [3.8, 4) is 6.07 Å². The first-order chi connectivity index (χ1) is 6.20. The zero-order valence-electron chi connectivity index (χ0n) is 6.21. The fourth-order valence-electron chi connectivity index (χ4n) is 0.775. The number of aliphatic imine (C=N–C) groups is 1. The van der Waals surface area contributed by atoms with Crippen LogP contribution in [0.15, 0.2) is 17.1 Å². The lowest BCUT2D eigenvalue weighted by Crippen LogP contribution is -1.87. The van der Waals surface area contributed by atoms with E-state index in [2.05, 4.69) is 4.99 Å². The lowest BCUT2D eigenvalue weighted by Gasteiger charge is -1.97. The van der Waals surface area contributed by atoms with Crippen LogP contribution >= 0.6 is 0 Å². The van der Waals surface area contributed by atoms with E-state index >= 15 is 0 Å². The molecule has 5 heteroatoms. The molecule has 0 aliphatic heterocycles. The van der Waals surface area contributed by atoms with Crippen molar-refractivity contribution in [2.75, 3.05) is 0 Å². The average molecular weight is 180 g/mol. The number of nitriles is 1. The van der Waals surface area contributed by atoms with E-state index in [1.807, 2.05) is 0 Å². The number of isocyanates is 1. The summed E-state index contributed by atoms with van der Waals surface area (Å²) in [7, 11) is 0. The van der Waals surface area contributed by atoms with Gasteiger partial charge in [-0.25, -0.2) is 13.6 Å². The molecule has 1 aromatic carbocycles. The third kappa shape index (κ3) is 1.58. The zero-order chi connectivity index (χ0) is 9.84. The van der Waals surface area contributed by atoms with Gasteiger partial charge < -0.3 is 0 Å². The molecule has 0 atom stereocenters. The van der Waals surface area contributed by atoms with Gasteiger partial charge in [0.15, 0.2) is 11.6 Å². The van der Waals surface area contributed by atoms with Gasteiger partial charge >= 0.3 is 0 Å². The smallest absolute Gasteiger partial charge is 0.211 e. The molecule has 0 saturated heterocycles. The minimum Gasteiger partial charge on any atom is -0.211 e. The summed E-state index contributed by atoms with van der Waals surface area (Å²) in [6.07, 6.45) is 1.00. The molecule has 64 valence electrons. The first-order valence-electron chi connectivity index (χ1n) is 3.16. The lowest BCUT2D eigenvalue weighted by molar-refractivity contribution is 0.560. The number of carbonyl (C=O) groups excluding carboxylic acids is 1. The summed E-state index contributed by atoms with van der Waals surface area (Å²) in [5.41, 5.74) is -1.15. The number of hydrogen-bond acceptors (Lipinski definition) is 3. The van der Waals surface area contributed by atoms with E-state index in [1.165, 1.54) is 6.07 Å². The van der Waals surface area contributed by atoms with Crippen molar-refractivity contribution >= 4 is 11.8 Å². The molecule has 0 amide bonds. The molecule has 0 unspecified atom stereocenters. The van der Waals surface area contributed by atoms with Gasteiger partial charge in [0.25, 0.3) is 0 Å². The first kappa shape index (κ1) is 9.04. The van der Waals surface area contributed by atoms with E-state index in [0.717, 1.165) is 18.2 Å². The Morgan fingerprint density at radius 2 is 2.08 bits per heavy atom. The van der Waals surface area contributed by atoms with E-state index in [4.69, 9.17) is 5.26 Å². The highest BCUT2D eigenvalue weighted by Crippen LogP contribution is 2.23. The van der Waals surface area contributed by atoms with Crippen molar-refractivity contribution in [1.29, 1.82) is 5.26 Å². The van der Waals surface area contributed by atoms with Crippen LogP contribution in [-0.4, -0.2) is 6.08 Å². The first-order valence-corrected chi connectivity index (χ1v) is 3.16. The number of rotatable bonds is 1. The fraction of sp³-hybridized carbons (Fsp3) is 0. The predicted octanol–water partition coefficient (Wildman–Crippen LogP) is 1.80. The SMILES string of the molecule is N#Cc1ccc(F)c(N=C=O)c1F. The summed E-state index contributed by atoms with van der Waals surface area (Å²) >= 11 is 0. The van der Waals surface area contributed by atoms with E-state index in [1.54, 1.807) is 0 Å². The van der Waals surface area contributed by atoms with E-state index in [9.17, 15) is 13.6 Å². The predicted molar refractivity (Wildman–Crippen MR) is 38.9 cm³/mol. The molecule has 1 aromatic rings. The Hall–Kier alpha value is -2.05. The van der Waals surface area contributed by atoms with E-state index < -0.39 is 17.3 Å². The third-order valence-corrected chi connectivity index (χ3v) is 1.34. The summed E-state index contributed by atoms with van der Waals surface area (Å²) < 4.78 is 25.7. The molecule has 0 aliphatic carbocycles. The Kier molecular flexibility index (Phi) is 2.48. The van der Waals surface area contributed by atoms with Gasteiger partial charge in [0.1, 0.15) is 11.8 Å². The number of halogens is 2. The van der Waals surface area contributed by atoms with Crippen LogP contribution in [0.1, 0.15) is 5.56 Å². The summed E-state index contributed by atoms with van der Waals surface area (Å²) in [4.78, 5) is 12.6. The fourth-order valence-corrected chi connectivity index (χ4v) is 0.775. The minimum absolute atomic E-state index is 0.365. The molecule has 0 saturated carbocycles. The molecule has 0 radical (unpaired) electrons. The Morgan fingerprint density at radius 1 is 1.38 bits per heavy atom. The van der Waals surface area contributed by atoms with Gasteiger partial charge in [0, 0.05) is 0 Å². The Morgan fingerprint density at radius 3 is 2.62 bits per heavy atom. The van der Waals surface area contributed by atoms with Crippen molar-refractivity contribution in [3.63, 3.8) is 0 Å². The van der Waals surface area contributed by atoms with Crippen molar-refractivity contribution in [2.24, 2.45) is 4.99 Å². The Bertz CT molecular complexity index is 431. The van der Waals surface area contributed by atoms with Gasteiger partial charge in [-0.3, -0.25) is 0 Å². The van der Waals surface area contributed by atoms with Gasteiger partial charge in [0.05, 0.1) is 5.56 Å². The number of hydrogen-bond donors (Lipinski definition) is 0. The quantitative estimate of drug-likeness (QED) is 0.488. The highest BCUT2D eigenvalue weighted by molar-refractivity contribution is 5.54. The second-order valence-corrected chi connectivity index (χ2v) is 2.07. The summed E-state index contributed by atoms with van der Waals surface area (Å²) in [6, 6.07) is 3.32. The van der Waals surface area contributed by atoms with Crippen LogP contribution in [-0.2, 0) is 4.79 Å².